The number of amides is 1. The van der Waals surface area contributed by atoms with E-state index in [1.165, 1.54) is 4.90 Å². The summed E-state index contributed by atoms with van der Waals surface area (Å²) in [6.07, 6.45) is 0.820. The van der Waals surface area contributed by atoms with Crippen LogP contribution in [-0.2, 0) is 6.42 Å². The Morgan fingerprint density at radius 3 is 2.58 bits per heavy atom. The van der Waals surface area contributed by atoms with Crippen molar-refractivity contribution < 1.29 is 9.21 Å². The first kappa shape index (κ1) is 8.84. The van der Waals surface area contributed by atoms with Crippen molar-refractivity contribution in [3.63, 3.8) is 0 Å². The van der Waals surface area contributed by atoms with E-state index in [4.69, 9.17) is 4.42 Å². The van der Waals surface area contributed by atoms with Crippen LogP contribution in [0.5, 0.6) is 0 Å². The summed E-state index contributed by atoms with van der Waals surface area (Å²) in [6, 6.07) is 3.54. The molecule has 0 saturated heterocycles. The number of aryl methyl sites for hydroxylation is 1. The Labute approximate surface area is 72.0 Å². The van der Waals surface area contributed by atoms with Crippen LogP contribution in [0, 0.1) is 0 Å². The molecule has 0 radical (unpaired) electrons. The Bertz CT molecular complexity index is 276. The number of nitrogens with zero attached hydrogens (tertiary/aromatic N) is 1. The highest BCUT2D eigenvalue weighted by atomic mass is 16.4. The minimum atomic E-state index is -0.0882. The third-order valence-electron chi connectivity index (χ3n) is 1.63. The molecule has 1 heterocycles. The molecule has 0 unspecified atom stereocenters. The van der Waals surface area contributed by atoms with E-state index < -0.39 is 0 Å². The SMILES string of the molecule is CCc1ccc(C(=O)N(C)C)o1. The summed E-state index contributed by atoms with van der Waals surface area (Å²) < 4.78 is 5.26. The largest absolute Gasteiger partial charge is 0.456 e. The van der Waals surface area contributed by atoms with Gasteiger partial charge in [-0.05, 0) is 12.1 Å². The van der Waals surface area contributed by atoms with Gasteiger partial charge in [-0.15, -0.1) is 0 Å². The second-order valence-corrected chi connectivity index (χ2v) is 2.82. The van der Waals surface area contributed by atoms with Crippen molar-refractivity contribution in [2.45, 2.75) is 13.3 Å². The zero-order valence-corrected chi connectivity index (χ0v) is 7.63. The molecule has 3 nitrogen and oxygen atoms in total. The van der Waals surface area contributed by atoms with Crippen LogP contribution in [0.15, 0.2) is 16.5 Å². The zero-order valence-electron chi connectivity index (χ0n) is 7.63. The lowest BCUT2D eigenvalue weighted by Crippen LogP contribution is -2.20. The number of furan rings is 1. The highest BCUT2D eigenvalue weighted by Crippen LogP contribution is 2.09. The van der Waals surface area contributed by atoms with Crippen molar-refractivity contribution in [1.82, 2.24) is 4.90 Å². The van der Waals surface area contributed by atoms with E-state index >= 15 is 0 Å². The number of hydrogen-bond acceptors (Lipinski definition) is 2. The normalized spacial score (nSPS) is 9.92. The second-order valence-electron chi connectivity index (χ2n) is 2.82. The second kappa shape index (κ2) is 3.43. The molecule has 1 rings (SSSR count). The molecule has 0 saturated carbocycles. The molecule has 12 heavy (non-hydrogen) atoms. The van der Waals surface area contributed by atoms with E-state index in [1.54, 1.807) is 20.2 Å². The molecular formula is C9H13NO2. The summed E-state index contributed by atoms with van der Waals surface area (Å²) in [5.74, 6) is 1.17. The minimum absolute atomic E-state index is 0.0882. The van der Waals surface area contributed by atoms with Gasteiger partial charge in [0.1, 0.15) is 5.76 Å². The maximum atomic E-state index is 11.3. The van der Waals surface area contributed by atoms with Gasteiger partial charge < -0.3 is 9.32 Å². The highest BCUT2D eigenvalue weighted by molar-refractivity contribution is 5.91. The fourth-order valence-corrected chi connectivity index (χ4v) is 0.903. The molecule has 0 aromatic carbocycles. The number of hydrogen-bond donors (Lipinski definition) is 0. The fourth-order valence-electron chi connectivity index (χ4n) is 0.903. The van der Waals surface area contributed by atoms with Gasteiger partial charge in [-0.1, -0.05) is 6.92 Å². The molecule has 3 heteroatoms. The Balaban J connectivity index is 2.82. The first-order valence-electron chi connectivity index (χ1n) is 3.95. The topological polar surface area (TPSA) is 33.5 Å². The van der Waals surface area contributed by atoms with Crippen LogP contribution >= 0.6 is 0 Å². The van der Waals surface area contributed by atoms with E-state index in [0.29, 0.717) is 5.76 Å². The van der Waals surface area contributed by atoms with Gasteiger partial charge >= 0.3 is 0 Å². The third kappa shape index (κ3) is 1.67. The first-order valence-corrected chi connectivity index (χ1v) is 3.95. The monoisotopic (exact) mass is 167 g/mol. The van der Waals surface area contributed by atoms with Crippen LogP contribution in [0.1, 0.15) is 23.2 Å². The number of carbonyl (C=O) groups excluding carboxylic acids is 1. The molecule has 1 aromatic heterocycles. The molecule has 0 aliphatic heterocycles. The average molecular weight is 167 g/mol. The van der Waals surface area contributed by atoms with Gasteiger partial charge in [0.25, 0.3) is 5.91 Å². The van der Waals surface area contributed by atoms with Crippen LogP contribution in [-0.4, -0.2) is 24.9 Å². The van der Waals surface area contributed by atoms with Crippen LogP contribution in [0.3, 0.4) is 0 Å². The van der Waals surface area contributed by atoms with Crippen molar-refractivity contribution in [2.75, 3.05) is 14.1 Å². The lowest BCUT2D eigenvalue weighted by molar-refractivity contribution is 0.0795. The predicted molar refractivity (Wildman–Crippen MR) is 46.1 cm³/mol. The lowest BCUT2D eigenvalue weighted by Gasteiger charge is -2.06. The van der Waals surface area contributed by atoms with Crippen molar-refractivity contribution in [3.8, 4) is 0 Å². The van der Waals surface area contributed by atoms with Crippen LogP contribution < -0.4 is 0 Å². The fraction of sp³-hybridized carbons (Fsp3) is 0.444. The smallest absolute Gasteiger partial charge is 0.289 e. The van der Waals surface area contributed by atoms with Gasteiger partial charge in [0.15, 0.2) is 5.76 Å². The van der Waals surface area contributed by atoms with E-state index in [2.05, 4.69) is 0 Å². The molecule has 0 aliphatic rings. The number of carbonyl (C=O) groups is 1. The van der Waals surface area contributed by atoms with Crippen molar-refractivity contribution >= 4 is 5.91 Å². The predicted octanol–water partition coefficient (Wildman–Crippen LogP) is 1.54. The van der Waals surface area contributed by atoms with Gasteiger partial charge in [-0.2, -0.15) is 0 Å². The Hall–Kier alpha value is -1.25. The van der Waals surface area contributed by atoms with Crippen LogP contribution in [0.2, 0.25) is 0 Å². The van der Waals surface area contributed by atoms with Crippen molar-refractivity contribution in [3.05, 3.63) is 23.7 Å². The van der Waals surface area contributed by atoms with Gasteiger partial charge in [0, 0.05) is 20.5 Å². The van der Waals surface area contributed by atoms with Crippen molar-refractivity contribution in [2.24, 2.45) is 0 Å². The van der Waals surface area contributed by atoms with Crippen molar-refractivity contribution in [1.29, 1.82) is 0 Å². The summed E-state index contributed by atoms with van der Waals surface area (Å²) in [4.78, 5) is 12.8. The third-order valence-corrected chi connectivity index (χ3v) is 1.63. The molecule has 0 aliphatic carbocycles. The Morgan fingerprint density at radius 2 is 2.17 bits per heavy atom. The van der Waals surface area contributed by atoms with Gasteiger partial charge in [0.05, 0.1) is 0 Å². The molecule has 0 fully saturated rings. The number of rotatable bonds is 2. The van der Waals surface area contributed by atoms with E-state index in [9.17, 15) is 4.79 Å². The molecule has 0 N–H and O–H groups in total. The zero-order chi connectivity index (χ0) is 9.14. The van der Waals surface area contributed by atoms with Gasteiger partial charge in [-0.3, -0.25) is 4.79 Å². The van der Waals surface area contributed by atoms with Gasteiger partial charge in [-0.25, -0.2) is 0 Å². The quantitative estimate of drug-likeness (QED) is 0.669. The minimum Gasteiger partial charge on any atom is -0.456 e. The van der Waals surface area contributed by atoms with Crippen LogP contribution in [0.4, 0.5) is 0 Å². The van der Waals surface area contributed by atoms with E-state index in [1.807, 2.05) is 13.0 Å². The Kier molecular flexibility index (Phi) is 2.53. The summed E-state index contributed by atoms with van der Waals surface area (Å²) in [5, 5.41) is 0. The molecule has 0 spiro atoms. The van der Waals surface area contributed by atoms with E-state index in [0.717, 1.165) is 12.2 Å². The summed E-state index contributed by atoms with van der Waals surface area (Å²) >= 11 is 0. The lowest BCUT2D eigenvalue weighted by atomic mass is 10.3. The summed E-state index contributed by atoms with van der Waals surface area (Å²) in [6.45, 7) is 1.99. The average Bonchev–Trinajstić information content (AvgIpc) is 2.50. The molecular weight excluding hydrogens is 154 g/mol. The van der Waals surface area contributed by atoms with Gasteiger partial charge in [0.2, 0.25) is 0 Å². The maximum absolute atomic E-state index is 11.3. The highest BCUT2D eigenvalue weighted by Gasteiger charge is 2.11. The maximum Gasteiger partial charge on any atom is 0.289 e. The molecule has 0 bridgehead atoms. The van der Waals surface area contributed by atoms with Crippen LogP contribution in [0.25, 0.3) is 0 Å². The summed E-state index contributed by atoms with van der Waals surface area (Å²) in [5.41, 5.74) is 0. The van der Waals surface area contributed by atoms with E-state index in [-0.39, 0.29) is 5.91 Å². The summed E-state index contributed by atoms with van der Waals surface area (Å²) in [7, 11) is 3.41. The molecule has 66 valence electrons. The molecule has 1 aromatic rings. The molecule has 0 atom stereocenters. The molecule has 1 amide bonds. The standard InChI is InChI=1S/C9H13NO2/c1-4-7-5-6-8(12-7)9(11)10(2)3/h5-6H,4H2,1-3H3. The first-order chi connectivity index (χ1) is 5.65. The Morgan fingerprint density at radius 1 is 1.50 bits per heavy atom.